The molecule has 0 unspecified atom stereocenters. The summed E-state index contributed by atoms with van der Waals surface area (Å²) >= 11 is 0. The highest BCUT2D eigenvalue weighted by Gasteiger charge is 2.30. The fourth-order valence-corrected chi connectivity index (χ4v) is 4.61. The molecular formula is C22H32N2. The van der Waals surface area contributed by atoms with Crippen molar-refractivity contribution in [3.8, 4) is 0 Å². The summed E-state index contributed by atoms with van der Waals surface area (Å²) in [5.41, 5.74) is 10.7. The molecule has 3 rings (SSSR count). The molecule has 0 amide bonds. The van der Waals surface area contributed by atoms with Gasteiger partial charge >= 0.3 is 0 Å². The van der Waals surface area contributed by atoms with Crippen molar-refractivity contribution in [1.29, 1.82) is 0 Å². The Labute approximate surface area is 147 Å². The summed E-state index contributed by atoms with van der Waals surface area (Å²) in [6.07, 6.45) is 17.3. The minimum atomic E-state index is 0.662. The molecular weight excluding hydrogens is 292 g/mol. The van der Waals surface area contributed by atoms with Crippen LogP contribution in [0.25, 0.3) is 12.2 Å². The second kappa shape index (κ2) is 7.92. The van der Waals surface area contributed by atoms with Gasteiger partial charge in [-0.15, -0.1) is 0 Å². The van der Waals surface area contributed by atoms with E-state index >= 15 is 0 Å². The molecule has 2 fully saturated rings. The van der Waals surface area contributed by atoms with Gasteiger partial charge in [-0.3, -0.25) is 0 Å². The summed E-state index contributed by atoms with van der Waals surface area (Å²) < 4.78 is 0. The molecule has 2 aliphatic rings. The highest BCUT2D eigenvalue weighted by atomic mass is 15.2. The highest BCUT2D eigenvalue weighted by molar-refractivity contribution is 5.78. The molecule has 0 heterocycles. The first-order valence-corrected chi connectivity index (χ1v) is 9.71. The quantitative estimate of drug-likeness (QED) is 0.670. The Morgan fingerprint density at radius 2 is 1.29 bits per heavy atom. The Hall–Kier alpha value is -1.70. The second-order valence-electron chi connectivity index (χ2n) is 7.44. The van der Waals surface area contributed by atoms with E-state index in [1.54, 1.807) is 0 Å². The number of nitrogens with two attached hydrogens (primary N) is 1. The third-order valence-electron chi connectivity index (χ3n) is 5.89. The molecule has 24 heavy (non-hydrogen) atoms. The predicted molar refractivity (Wildman–Crippen MR) is 107 cm³/mol. The van der Waals surface area contributed by atoms with Crippen LogP contribution in [0.4, 0.5) is 11.4 Å². The number of anilines is 2. The lowest BCUT2D eigenvalue weighted by Crippen LogP contribution is -2.45. The molecule has 0 aliphatic heterocycles. The van der Waals surface area contributed by atoms with Gasteiger partial charge in [0.05, 0.1) is 0 Å². The average molecular weight is 325 g/mol. The van der Waals surface area contributed by atoms with Crippen molar-refractivity contribution in [2.45, 2.75) is 76.3 Å². The van der Waals surface area contributed by atoms with E-state index in [1.807, 2.05) is 12.2 Å². The van der Waals surface area contributed by atoms with Crippen LogP contribution < -0.4 is 10.6 Å². The lowest BCUT2D eigenvalue weighted by Gasteiger charge is -2.44. The van der Waals surface area contributed by atoms with Gasteiger partial charge in [0.2, 0.25) is 0 Å². The molecule has 1 aromatic rings. The van der Waals surface area contributed by atoms with Crippen molar-refractivity contribution >= 4 is 23.5 Å². The van der Waals surface area contributed by atoms with Crippen molar-refractivity contribution in [3.05, 3.63) is 36.4 Å². The van der Waals surface area contributed by atoms with Gasteiger partial charge < -0.3 is 10.6 Å². The summed E-state index contributed by atoms with van der Waals surface area (Å²) in [7, 11) is 0. The normalized spacial score (nSPS) is 19.8. The Balaban J connectivity index is 2.01. The third-order valence-corrected chi connectivity index (χ3v) is 5.89. The van der Waals surface area contributed by atoms with Gasteiger partial charge in [-0.2, -0.15) is 0 Å². The lowest BCUT2D eigenvalue weighted by molar-refractivity contribution is 0.340. The zero-order valence-electron chi connectivity index (χ0n) is 15.0. The van der Waals surface area contributed by atoms with E-state index in [0.717, 1.165) is 11.3 Å². The summed E-state index contributed by atoms with van der Waals surface area (Å²) in [6, 6.07) is 5.66. The fourth-order valence-electron chi connectivity index (χ4n) is 4.61. The Morgan fingerprint density at radius 1 is 0.792 bits per heavy atom. The van der Waals surface area contributed by atoms with Crippen LogP contribution in [0.15, 0.2) is 25.3 Å². The molecule has 0 radical (unpaired) electrons. The van der Waals surface area contributed by atoms with Crippen LogP contribution in [0.2, 0.25) is 0 Å². The van der Waals surface area contributed by atoms with Crippen LogP contribution in [0.3, 0.4) is 0 Å². The predicted octanol–water partition coefficient (Wildman–Crippen LogP) is 6.03. The first kappa shape index (κ1) is 17.1. The molecule has 2 saturated carbocycles. The maximum atomic E-state index is 6.32. The van der Waals surface area contributed by atoms with Crippen LogP contribution in [0.1, 0.15) is 75.3 Å². The monoisotopic (exact) mass is 324 g/mol. The van der Waals surface area contributed by atoms with E-state index in [4.69, 9.17) is 5.73 Å². The largest absolute Gasteiger partial charge is 0.398 e. The van der Waals surface area contributed by atoms with Gasteiger partial charge in [0.1, 0.15) is 0 Å². The average Bonchev–Trinajstić information content (AvgIpc) is 2.64. The van der Waals surface area contributed by atoms with Gasteiger partial charge in [-0.05, 0) is 48.9 Å². The first-order chi connectivity index (χ1) is 11.7. The molecule has 0 saturated heterocycles. The zero-order chi connectivity index (χ0) is 16.9. The Morgan fingerprint density at radius 3 is 1.75 bits per heavy atom. The van der Waals surface area contributed by atoms with Crippen LogP contribution in [-0.4, -0.2) is 12.1 Å². The summed E-state index contributed by atoms with van der Waals surface area (Å²) in [5.74, 6) is 0. The molecule has 0 aromatic heterocycles. The number of nitrogens with zero attached hydrogens (tertiary/aromatic N) is 1. The van der Waals surface area contributed by atoms with E-state index < -0.39 is 0 Å². The standard InChI is InChI=1S/C22H32N2/c1-3-17-15-18(4-2)22(16-21(17)23)24(19-11-7-5-8-12-19)20-13-9-6-10-14-20/h3-4,15-16,19-20H,1-2,5-14,23H2. The second-order valence-corrected chi connectivity index (χ2v) is 7.44. The highest BCUT2D eigenvalue weighted by Crippen LogP contribution is 2.38. The molecule has 2 heteroatoms. The molecule has 2 N–H and O–H groups in total. The van der Waals surface area contributed by atoms with Gasteiger partial charge in [0.15, 0.2) is 0 Å². The van der Waals surface area contributed by atoms with Crippen molar-refractivity contribution in [2.24, 2.45) is 0 Å². The van der Waals surface area contributed by atoms with Crippen LogP contribution in [-0.2, 0) is 0 Å². The van der Waals surface area contributed by atoms with E-state index in [0.29, 0.717) is 12.1 Å². The third kappa shape index (κ3) is 3.53. The maximum Gasteiger partial charge on any atom is 0.0465 e. The molecule has 2 aliphatic carbocycles. The van der Waals surface area contributed by atoms with Crippen molar-refractivity contribution in [1.82, 2.24) is 0 Å². The topological polar surface area (TPSA) is 29.3 Å². The Kier molecular flexibility index (Phi) is 5.65. The van der Waals surface area contributed by atoms with Crippen LogP contribution in [0.5, 0.6) is 0 Å². The molecule has 0 spiro atoms. The molecule has 1 aromatic carbocycles. The van der Waals surface area contributed by atoms with Gasteiger partial charge in [-0.25, -0.2) is 0 Å². The SMILES string of the molecule is C=Cc1cc(C=C)c(N(C2CCCCC2)C2CCCCC2)cc1N. The smallest absolute Gasteiger partial charge is 0.0465 e. The minimum absolute atomic E-state index is 0.662. The Bertz CT molecular complexity index is 560. The van der Waals surface area contributed by atoms with Crippen molar-refractivity contribution in [3.63, 3.8) is 0 Å². The van der Waals surface area contributed by atoms with E-state index in [-0.39, 0.29) is 0 Å². The van der Waals surface area contributed by atoms with E-state index in [9.17, 15) is 0 Å². The maximum absolute atomic E-state index is 6.32. The fraction of sp³-hybridized carbons (Fsp3) is 0.545. The number of nitrogen functional groups attached to an aromatic ring is 1. The number of hydrogen-bond donors (Lipinski definition) is 1. The van der Waals surface area contributed by atoms with Gasteiger partial charge in [-0.1, -0.05) is 63.8 Å². The van der Waals surface area contributed by atoms with Crippen molar-refractivity contribution < 1.29 is 0 Å². The number of rotatable bonds is 5. The zero-order valence-corrected chi connectivity index (χ0v) is 15.0. The number of benzene rings is 1. The van der Waals surface area contributed by atoms with Crippen LogP contribution >= 0.6 is 0 Å². The van der Waals surface area contributed by atoms with Gasteiger partial charge in [0, 0.05) is 23.5 Å². The molecule has 2 nitrogen and oxygen atoms in total. The van der Waals surface area contributed by atoms with E-state index in [1.165, 1.54) is 75.5 Å². The lowest BCUT2D eigenvalue weighted by atomic mass is 9.87. The molecule has 0 bridgehead atoms. The summed E-state index contributed by atoms with van der Waals surface area (Å²) in [5, 5.41) is 0. The van der Waals surface area contributed by atoms with Crippen molar-refractivity contribution in [2.75, 3.05) is 10.6 Å². The molecule has 0 atom stereocenters. The summed E-state index contributed by atoms with van der Waals surface area (Å²) in [6.45, 7) is 7.96. The minimum Gasteiger partial charge on any atom is -0.398 e. The first-order valence-electron chi connectivity index (χ1n) is 9.71. The molecule has 130 valence electrons. The van der Waals surface area contributed by atoms with Gasteiger partial charge in [0.25, 0.3) is 0 Å². The summed E-state index contributed by atoms with van der Waals surface area (Å²) in [4.78, 5) is 2.73. The van der Waals surface area contributed by atoms with Crippen LogP contribution in [0, 0.1) is 0 Å². The van der Waals surface area contributed by atoms with E-state index in [2.05, 4.69) is 30.2 Å². The number of hydrogen-bond acceptors (Lipinski definition) is 2.